The number of oxazole rings is 1. The van der Waals surface area contributed by atoms with Gasteiger partial charge in [-0.25, -0.2) is 4.98 Å². The first kappa shape index (κ1) is 27.0. The normalized spacial score (nSPS) is 13.4. The lowest BCUT2D eigenvalue weighted by Gasteiger charge is -2.29. The molecule has 2 heterocycles. The second-order valence-corrected chi connectivity index (χ2v) is 13.2. The lowest BCUT2D eigenvalue weighted by atomic mass is 9.82. The van der Waals surface area contributed by atoms with Crippen LogP contribution in [-0.2, 0) is 5.41 Å². The zero-order valence-electron chi connectivity index (χ0n) is 26.6. The molecule has 0 aliphatic heterocycles. The van der Waals surface area contributed by atoms with E-state index in [1.807, 2.05) is 36.4 Å². The SMILES string of the molecule is CC1(C)c2ccccc2-c2ccc(N(c3cccc4ccccc34)c3cccc4c3oc3cccc(-c5nc6ccccc6o5)c34)cc21. The van der Waals surface area contributed by atoms with E-state index in [2.05, 4.69) is 128 Å². The van der Waals surface area contributed by atoms with Crippen LogP contribution in [0.2, 0.25) is 0 Å². The Morgan fingerprint density at radius 2 is 1.23 bits per heavy atom. The maximum Gasteiger partial charge on any atom is 0.228 e. The molecule has 0 bridgehead atoms. The summed E-state index contributed by atoms with van der Waals surface area (Å²) in [4.78, 5) is 7.22. The van der Waals surface area contributed by atoms with Crippen molar-refractivity contribution < 1.29 is 8.83 Å². The van der Waals surface area contributed by atoms with Gasteiger partial charge in [0.1, 0.15) is 11.1 Å². The van der Waals surface area contributed by atoms with E-state index in [1.165, 1.54) is 33.0 Å². The standard InChI is InChI=1S/C44H30N2O2/c1-44(2)34-18-6-5-15-30(34)31-25-24-28(26-35(31)44)46(37-20-9-13-27-12-3-4-14-29(27)37)38-21-10-16-32-41-33(17-11-23-40(41)47-42(32)38)43-45-36-19-7-8-22-39(36)48-43/h3-26H,1-2H3. The molecule has 10 rings (SSSR count). The van der Waals surface area contributed by atoms with Gasteiger partial charge in [0.25, 0.3) is 0 Å². The maximum atomic E-state index is 6.83. The summed E-state index contributed by atoms with van der Waals surface area (Å²) in [5, 5.41) is 4.36. The van der Waals surface area contributed by atoms with Crippen molar-refractivity contribution in [1.82, 2.24) is 4.98 Å². The van der Waals surface area contributed by atoms with Gasteiger partial charge in [0.05, 0.1) is 11.4 Å². The number of furan rings is 1. The highest BCUT2D eigenvalue weighted by Crippen LogP contribution is 2.52. The average Bonchev–Trinajstić information content (AvgIpc) is 3.80. The van der Waals surface area contributed by atoms with Crippen LogP contribution in [0, 0.1) is 0 Å². The van der Waals surface area contributed by atoms with Gasteiger partial charge in [-0.05, 0) is 76.2 Å². The van der Waals surface area contributed by atoms with Crippen molar-refractivity contribution in [3.63, 3.8) is 0 Å². The summed E-state index contributed by atoms with van der Waals surface area (Å²) < 4.78 is 13.1. The van der Waals surface area contributed by atoms with Crippen molar-refractivity contribution in [2.75, 3.05) is 4.90 Å². The third-order valence-electron chi connectivity index (χ3n) is 10.1. The summed E-state index contributed by atoms with van der Waals surface area (Å²) in [7, 11) is 0. The lowest BCUT2D eigenvalue weighted by molar-refractivity contribution is 0.620. The predicted octanol–water partition coefficient (Wildman–Crippen LogP) is 12.3. The fourth-order valence-corrected chi connectivity index (χ4v) is 7.82. The van der Waals surface area contributed by atoms with E-state index < -0.39 is 0 Å². The Kier molecular flexibility index (Phi) is 5.59. The minimum Gasteiger partial charge on any atom is -0.454 e. The first-order valence-corrected chi connectivity index (χ1v) is 16.4. The molecular weight excluding hydrogens is 588 g/mol. The predicted molar refractivity (Wildman–Crippen MR) is 196 cm³/mol. The molecule has 0 saturated heterocycles. The lowest BCUT2D eigenvalue weighted by Crippen LogP contribution is -2.16. The summed E-state index contributed by atoms with van der Waals surface area (Å²) in [6.45, 7) is 4.66. The van der Waals surface area contributed by atoms with Crippen LogP contribution < -0.4 is 4.90 Å². The third-order valence-corrected chi connectivity index (χ3v) is 10.1. The van der Waals surface area contributed by atoms with E-state index >= 15 is 0 Å². The van der Waals surface area contributed by atoms with E-state index in [-0.39, 0.29) is 5.41 Å². The molecule has 0 fully saturated rings. The fraction of sp³-hybridized carbons (Fsp3) is 0.0682. The molecule has 0 N–H and O–H groups in total. The van der Waals surface area contributed by atoms with E-state index in [9.17, 15) is 0 Å². The first-order chi connectivity index (χ1) is 23.6. The van der Waals surface area contributed by atoms with Crippen LogP contribution in [0.3, 0.4) is 0 Å². The summed E-state index contributed by atoms with van der Waals surface area (Å²) in [6, 6.07) is 51.3. The number of aromatic nitrogens is 1. The van der Waals surface area contributed by atoms with Gasteiger partial charge < -0.3 is 13.7 Å². The van der Waals surface area contributed by atoms with Crippen molar-refractivity contribution in [1.29, 1.82) is 0 Å². The number of hydrogen-bond acceptors (Lipinski definition) is 4. The quantitative estimate of drug-likeness (QED) is 0.197. The molecule has 1 aliphatic rings. The number of nitrogens with zero attached hydrogens (tertiary/aromatic N) is 2. The summed E-state index contributed by atoms with van der Waals surface area (Å²) in [5.74, 6) is 0.584. The summed E-state index contributed by atoms with van der Waals surface area (Å²) in [6.07, 6.45) is 0. The van der Waals surface area contributed by atoms with Gasteiger partial charge in [-0.3, -0.25) is 0 Å². The molecule has 0 amide bonds. The molecule has 9 aromatic rings. The van der Waals surface area contributed by atoms with Crippen LogP contribution in [0.1, 0.15) is 25.0 Å². The van der Waals surface area contributed by atoms with Gasteiger partial charge in [0.2, 0.25) is 5.89 Å². The van der Waals surface area contributed by atoms with Gasteiger partial charge in [0.15, 0.2) is 11.2 Å². The van der Waals surface area contributed by atoms with Gasteiger partial charge in [-0.2, -0.15) is 0 Å². The van der Waals surface area contributed by atoms with Crippen LogP contribution in [-0.4, -0.2) is 4.98 Å². The summed E-state index contributed by atoms with van der Waals surface area (Å²) in [5.41, 5.74) is 12.4. The zero-order valence-corrected chi connectivity index (χ0v) is 26.6. The Labute approximate surface area is 277 Å². The van der Waals surface area contributed by atoms with Crippen LogP contribution >= 0.6 is 0 Å². The molecule has 228 valence electrons. The van der Waals surface area contributed by atoms with Gasteiger partial charge in [0, 0.05) is 32.8 Å². The molecule has 0 spiro atoms. The molecule has 2 aromatic heterocycles. The number of fused-ring (bicyclic) bond motifs is 8. The number of benzene rings is 7. The number of rotatable bonds is 4. The van der Waals surface area contributed by atoms with Crippen LogP contribution in [0.4, 0.5) is 17.1 Å². The molecule has 7 aromatic carbocycles. The number of anilines is 3. The fourth-order valence-electron chi connectivity index (χ4n) is 7.82. The molecular formula is C44H30N2O2. The van der Waals surface area contributed by atoms with Gasteiger partial charge >= 0.3 is 0 Å². The molecule has 48 heavy (non-hydrogen) atoms. The minimum absolute atomic E-state index is 0.133. The second kappa shape index (κ2) is 9.93. The van der Waals surface area contributed by atoms with E-state index in [0.29, 0.717) is 5.89 Å². The van der Waals surface area contributed by atoms with E-state index in [1.54, 1.807) is 0 Å². The smallest absolute Gasteiger partial charge is 0.228 e. The Bertz CT molecular complexity index is 2690. The van der Waals surface area contributed by atoms with Crippen LogP contribution in [0.15, 0.2) is 154 Å². The topological polar surface area (TPSA) is 42.4 Å². The monoisotopic (exact) mass is 618 g/mol. The van der Waals surface area contributed by atoms with Crippen molar-refractivity contribution in [2.24, 2.45) is 0 Å². The molecule has 4 heteroatoms. The van der Waals surface area contributed by atoms with Crippen molar-refractivity contribution in [3.8, 4) is 22.6 Å². The highest BCUT2D eigenvalue weighted by molar-refractivity contribution is 6.16. The highest BCUT2D eigenvalue weighted by atomic mass is 16.3. The molecule has 0 unspecified atom stereocenters. The zero-order chi connectivity index (χ0) is 32.0. The van der Waals surface area contributed by atoms with Crippen molar-refractivity contribution in [3.05, 3.63) is 157 Å². The number of hydrogen-bond donors (Lipinski definition) is 0. The molecule has 0 saturated carbocycles. The molecule has 0 radical (unpaired) electrons. The molecule has 1 aliphatic carbocycles. The molecule has 0 atom stereocenters. The average molecular weight is 619 g/mol. The maximum absolute atomic E-state index is 6.83. The Balaban J connectivity index is 1.24. The Hall–Kier alpha value is -6.13. The Morgan fingerprint density at radius 1 is 0.542 bits per heavy atom. The van der Waals surface area contributed by atoms with Gasteiger partial charge in [-0.1, -0.05) is 111 Å². The van der Waals surface area contributed by atoms with Crippen molar-refractivity contribution in [2.45, 2.75) is 19.3 Å². The van der Waals surface area contributed by atoms with Crippen molar-refractivity contribution >= 4 is 60.9 Å². The highest BCUT2D eigenvalue weighted by Gasteiger charge is 2.36. The second-order valence-electron chi connectivity index (χ2n) is 13.2. The van der Waals surface area contributed by atoms with Gasteiger partial charge in [-0.15, -0.1) is 0 Å². The van der Waals surface area contributed by atoms with Crippen LogP contribution in [0.25, 0.3) is 66.4 Å². The largest absolute Gasteiger partial charge is 0.454 e. The van der Waals surface area contributed by atoms with E-state index in [0.717, 1.165) is 55.7 Å². The van der Waals surface area contributed by atoms with Crippen LogP contribution in [0.5, 0.6) is 0 Å². The molecule has 4 nitrogen and oxygen atoms in total. The summed E-state index contributed by atoms with van der Waals surface area (Å²) >= 11 is 0. The number of para-hydroxylation sites is 3. The third kappa shape index (κ3) is 3.80. The minimum atomic E-state index is -0.133. The first-order valence-electron chi connectivity index (χ1n) is 16.4. The van der Waals surface area contributed by atoms with E-state index in [4.69, 9.17) is 13.8 Å². The Morgan fingerprint density at radius 3 is 2.17 bits per heavy atom.